The van der Waals surface area contributed by atoms with Crippen molar-refractivity contribution in [1.82, 2.24) is 0 Å². The first-order chi connectivity index (χ1) is 16.6. The van der Waals surface area contributed by atoms with Gasteiger partial charge in [0.1, 0.15) is 4.91 Å². The Bertz CT molecular complexity index is 1320. The van der Waals surface area contributed by atoms with Crippen LogP contribution in [0.3, 0.4) is 0 Å². The molecule has 0 spiro atoms. The van der Waals surface area contributed by atoms with E-state index in [0.717, 1.165) is 42.7 Å². The Morgan fingerprint density at radius 3 is 2.40 bits per heavy atom. The molecule has 0 N–H and O–H groups in total. The summed E-state index contributed by atoms with van der Waals surface area (Å²) >= 11 is 8.99. The van der Waals surface area contributed by atoms with E-state index in [9.17, 15) is 9.59 Å². The van der Waals surface area contributed by atoms with Gasteiger partial charge in [-0.3, -0.25) is 9.69 Å². The number of benzene rings is 2. The highest BCUT2D eigenvalue weighted by Gasteiger charge is 2.45. The van der Waals surface area contributed by atoms with Crippen molar-refractivity contribution in [3.8, 4) is 0 Å². The van der Waals surface area contributed by atoms with Crippen LogP contribution in [0.15, 0.2) is 64.3 Å². The summed E-state index contributed by atoms with van der Waals surface area (Å²) in [6.07, 6.45) is 1.33. The van der Waals surface area contributed by atoms with Crippen LogP contribution in [0.2, 0.25) is 0 Å². The second-order valence-corrected chi connectivity index (χ2v) is 11.5. The fourth-order valence-electron chi connectivity index (χ4n) is 4.22. The number of fused-ring (bicyclic) bond motifs is 1. The zero-order valence-corrected chi connectivity index (χ0v) is 22.9. The number of aryl methyl sites for hydroxylation is 2. The quantitative estimate of drug-likeness (QED) is 0.244. The van der Waals surface area contributed by atoms with Crippen LogP contribution >= 0.6 is 35.7 Å². The number of amides is 1. The Kier molecular flexibility index (Phi) is 7.13. The summed E-state index contributed by atoms with van der Waals surface area (Å²) < 4.78 is 6.31. The molecule has 0 saturated heterocycles. The maximum Gasteiger partial charge on any atom is 0.346 e. The summed E-state index contributed by atoms with van der Waals surface area (Å²) in [7, 11) is 0. The van der Waals surface area contributed by atoms with Gasteiger partial charge in [-0.15, -0.1) is 0 Å². The number of esters is 1. The summed E-state index contributed by atoms with van der Waals surface area (Å²) in [5.41, 5.74) is 4.95. The lowest BCUT2D eigenvalue weighted by atomic mass is 9.82. The number of anilines is 1. The number of thiocarbonyl (C=S) groups is 1. The summed E-state index contributed by atoms with van der Waals surface area (Å²) in [4.78, 5) is 29.8. The number of carbonyl (C=O) groups excluding carboxylic acids is 2. The molecule has 180 valence electrons. The Balaban J connectivity index is 1.96. The molecule has 0 aromatic heterocycles. The summed E-state index contributed by atoms with van der Waals surface area (Å²) in [6, 6.07) is 14.0. The summed E-state index contributed by atoms with van der Waals surface area (Å²) in [5, 5.41) is 0. The topological polar surface area (TPSA) is 46.6 Å². The highest BCUT2D eigenvalue weighted by Crippen LogP contribution is 2.58. The van der Waals surface area contributed by atoms with E-state index in [0.29, 0.717) is 16.4 Å². The molecule has 2 aliphatic heterocycles. The van der Waals surface area contributed by atoms with Crippen molar-refractivity contribution in [2.24, 2.45) is 0 Å². The minimum absolute atomic E-state index is 0.201. The predicted molar refractivity (Wildman–Crippen MR) is 152 cm³/mol. The molecule has 0 radical (unpaired) electrons. The second kappa shape index (κ2) is 9.80. The minimum atomic E-state index is -0.766. The van der Waals surface area contributed by atoms with Gasteiger partial charge in [-0.25, -0.2) is 4.79 Å². The van der Waals surface area contributed by atoms with Crippen LogP contribution in [0.1, 0.15) is 43.0 Å². The lowest BCUT2D eigenvalue weighted by molar-refractivity contribution is -0.137. The van der Waals surface area contributed by atoms with Gasteiger partial charge in [-0.1, -0.05) is 72.7 Å². The lowest BCUT2D eigenvalue weighted by Crippen LogP contribution is -2.55. The van der Waals surface area contributed by atoms with Crippen molar-refractivity contribution in [1.29, 1.82) is 0 Å². The number of hydrogen-bond donors (Lipinski definition) is 0. The maximum absolute atomic E-state index is 13.0. The fraction of sp³-hybridized carbons (Fsp3) is 0.250. The van der Waals surface area contributed by atoms with Crippen molar-refractivity contribution >= 4 is 68.6 Å². The van der Waals surface area contributed by atoms with Crippen LogP contribution in [-0.4, -0.2) is 28.9 Å². The van der Waals surface area contributed by atoms with Crippen LogP contribution < -0.4 is 4.90 Å². The third kappa shape index (κ3) is 4.41. The van der Waals surface area contributed by atoms with Gasteiger partial charge in [-0.05, 0) is 69.5 Å². The molecule has 35 heavy (non-hydrogen) atoms. The molecule has 0 aliphatic carbocycles. The molecule has 0 atom stereocenters. The van der Waals surface area contributed by atoms with Crippen molar-refractivity contribution in [2.75, 3.05) is 11.5 Å². The molecule has 0 unspecified atom stereocenters. The minimum Gasteiger partial charge on any atom is -0.462 e. The predicted octanol–water partition coefficient (Wildman–Crippen LogP) is 7.07. The molecule has 0 saturated carbocycles. The van der Waals surface area contributed by atoms with Crippen molar-refractivity contribution in [3.05, 3.63) is 86.5 Å². The van der Waals surface area contributed by atoms with E-state index in [2.05, 4.69) is 12.6 Å². The maximum atomic E-state index is 13.0. The number of nitrogens with zero attached hydrogens (tertiary/aromatic N) is 1. The summed E-state index contributed by atoms with van der Waals surface area (Å²) in [6.45, 7) is 13.8. The number of thioether (sulfide) groups is 2. The van der Waals surface area contributed by atoms with E-state index >= 15 is 0 Å². The van der Waals surface area contributed by atoms with Gasteiger partial charge in [0.25, 0.3) is 5.91 Å². The van der Waals surface area contributed by atoms with Crippen LogP contribution in [0.4, 0.5) is 5.69 Å². The Morgan fingerprint density at radius 1 is 1.11 bits per heavy atom. The van der Waals surface area contributed by atoms with Gasteiger partial charge in [0.2, 0.25) is 0 Å². The number of hydrogen-bond acceptors (Lipinski definition) is 6. The second-order valence-electron chi connectivity index (χ2n) is 8.83. The van der Waals surface area contributed by atoms with Crippen molar-refractivity contribution < 1.29 is 14.3 Å². The Morgan fingerprint density at radius 2 is 1.77 bits per heavy atom. The molecule has 4 rings (SSSR count). The first-order valence-electron chi connectivity index (χ1n) is 11.3. The van der Waals surface area contributed by atoms with Crippen molar-refractivity contribution in [3.63, 3.8) is 0 Å². The molecule has 2 aromatic carbocycles. The van der Waals surface area contributed by atoms with E-state index in [-0.39, 0.29) is 11.9 Å². The normalized spacial score (nSPS) is 19.0. The monoisotopic (exact) mass is 521 g/mol. The number of ether oxygens (including phenoxy) is 1. The molecule has 4 nitrogen and oxygen atoms in total. The zero-order valence-electron chi connectivity index (χ0n) is 20.4. The largest absolute Gasteiger partial charge is 0.462 e. The molecule has 7 heteroatoms. The molecule has 2 aromatic rings. The van der Waals surface area contributed by atoms with Crippen LogP contribution in [-0.2, 0) is 14.3 Å². The molecule has 2 heterocycles. The molecule has 2 aliphatic rings. The standard InChI is InChI=1S/C28H27NO3S3/c1-7-21(30)29-20-15-17(4)16(3)14-19(20)22(25(33)28(29,5)6)27-34-23(18-12-10-9-11-13-18)24(35-27)26(31)32-8-2/h7,9-15H,1,8H2,2-6H3. The molecular weight excluding hydrogens is 495 g/mol. The highest BCUT2D eigenvalue weighted by molar-refractivity contribution is 8.32. The molecular formula is C28H27NO3S3. The Labute approximate surface area is 220 Å². The highest BCUT2D eigenvalue weighted by atomic mass is 32.2. The van der Waals surface area contributed by atoms with E-state index in [1.165, 1.54) is 29.6 Å². The Hall–Kier alpha value is -2.61. The first kappa shape index (κ1) is 25.5. The van der Waals surface area contributed by atoms with Crippen LogP contribution in [0.25, 0.3) is 10.5 Å². The fourth-order valence-corrected chi connectivity index (χ4v) is 7.35. The van der Waals surface area contributed by atoms with E-state index in [1.54, 1.807) is 11.8 Å². The summed E-state index contributed by atoms with van der Waals surface area (Å²) in [5.74, 6) is -0.544. The van der Waals surface area contributed by atoms with Crippen molar-refractivity contribution in [2.45, 2.75) is 40.2 Å². The smallest absolute Gasteiger partial charge is 0.346 e. The van der Waals surface area contributed by atoms with E-state index in [4.69, 9.17) is 17.0 Å². The molecule has 0 fully saturated rings. The third-order valence-corrected chi connectivity index (χ3v) is 9.49. The third-order valence-electron chi connectivity index (χ3n) is 6.16. The van der Waals surface area contributed by atoms with Gasteiger partial charge in [0.15, 0.2) is 0 Å². The van der Waals surface area contributed by atoms with E-state index in [1.807, 2.05) is 64.1 Å². The number of carbonyl (C=O) groups is 2. The van der Waals surface area contributed by atoms with Gasteiger partial charge in [0, 0.05) is 16.0 Å². The van der Waals surface area contributed by atoms with Crippen LogP contribution in [0.5, 0.6) is 0 Å². The molecule has 0 bridgehead atoms. The van der Waals surface area contributed by atoms with Gasteiger partial charge in [-0.2, -0.15) is 0 Å². The first-order valence-corrected chi connectivity index (χ1v) is 13.4. The average molecular weight is 522 g/mol. The van der Waals surface area contributed by atoms with Gasteiger partial charge in [0.05, 0.1) is 26.9 Å². The lowest BCUT2D eigenvalue weighted by Gasteiger charge is -2.45. The van der Waals surface area contributed by atoms with Crippen LogP contribution in [0, 0.1) is 13.8 Å². The van der Waals surface area contributed by atoms with Gasteiger partial charge >= 0.3 is 5.97 Å². The SMILES string of the molecule is C=CC(=O)N1c2cc(C)c(C)cc2C(=C2SC(C(=O)OCC)=C(c3ccccc3)S2)C(=S)C1(C)C. The average Bonchev–Trinajstić information content (AvgIpc) is 3.27. The van der Waals surface area contributed by atoms with E-state index < -0.39 is 5.54 Å². The zero-order chi connectivity index (χ0) is 25.5. The number of rotatable bonds is 4. The van der Waals surface area contributed by atoms with Gasteiger partial charge < -0.3 is 4.74 Å². The molecule has 1 amide bonds.